The van der Waals surface area contributed by atoms with Crippen LogP contribution < -0.4 is 10.1 Å². The molecule has 1 aliphatic heterocycles. The number of fused-ring (bicyclic) bond motifs is 2. The maximum absolute atomic E-state index is 13.3. The highest BCUT2D eigenvalue weighted by Gasteiger charge is 2.52. The number of rotatable bonds is 6. The van der Waals surface area contributed by atoms with Crippen LogP contribution >= 0.6 is 0 Å². The van der Waals surface area contributed by atoms with Crippen LogP contribution in [-0.4, -0.2) is 54.8 Å². The predicted octanol–water partition coefficient (Wildman–Crippen LogP) is 4.77. The summed E-state index contributed by atoms with van der Waals surface area (Å²) in [6.45, 7) is 3.10. The van der Waals surface area contributed by atoms with E-state index in [4.69, 9.17) is 4.74 Å². The molecule has 0 bridgehead atoms. The smallest absolute Gasteiger partial charge is 0.251 e. The van der Waals surface area contributed by atoms with Crippen LogP contribution in [0.5, 0.6) is 5.75 Å². The zero-order valence-electron chi connectivity index (χ0n) is 21.0. The van der Waals surface area contributed by atoms with Crippen molar-refractivity contribution in [1.29, 1.82) is 0 Å². The first kappa shape index (κ1) is 23.5. The number of carbonyl (C=O) groups is 1. The maximum atomic E-state index is 13.3. The molecule has 1 amide bonds. The van der Waals surface area contributed by atoms with Gasteiger partial charge in [-0.1, -0.05) is 42.5 Å². The van der Waals surface area contributed by atoms with E-state index in [9.17, 15) is 9.90 Å². The van der Waals surface area contributed by atoms with Gasteiger partial charge in [0.1, 0.15) is 5.75 Å². The van der Waals surface area contributed by atoms with Gasteiger partial charge in [0.2, 0.25) is 0 Å². The molecule has 4 atom stereocenters. The number of likely N-dealkylation sites (tertiary alicyclic amines) is 1. The van der Waals surface area contributed by atoms with Gasteiger partial charge in [0.25, 0.3) is 5.91 Å². The van der Waals surface area contributed by atoms with Crippen LogP contribution in [-0.2, 0) is 5.41 Å². The highest BCUT2D eigenvalue weighted by atomic mass is 16.5. The molecule has 3 aromatic carbocycles. The van der Waals surface area contributed by atoms with Crippen LogP contribution in [0.3, 0.4) is 0 Å². The number of nitrogens with one attached hydrogen (secondary N) is 1. The Morgan fingerprint density at radius 3 is 2.72 bits per heavy atom. The molecule has 2 aliphatic carbocycles. The van der Waals surface area contributed by atoms with E-state index < -0.39 is 6.10 Å². The number of aliphatic hydroxyl groups is 1. The fourth-order valence-electron chi connectivity index (χ4n) is 6.76. The van der Waals surface area contributed by atoms with Gasteiger partial charge < -0.3 is 20.1 Å². The van der Waals surface area contributed by atoms with E-state index in [0.29, 0.717) is 12.0 Å². The maximum Gasteiger partial charge on any atom is 0.251 e. The number of aliphatic hydroxyl groups excluding tert-OH is 1. The fourth-order valence-corrected chi connectivity index (χ4v) is 6.76. The zero-order chi connectivity index (χ0) is 24.7. The molecule has 3 aromatic rings. The van der Waals surface area contributed by atoms with Gasteiger partial charge in [-0.3, -0.25) is 4.79 Å². The van der Waals surface area contributed by atoms with E-state index in [0.717, 1.165) is 54.9 Å². The molecule has 5 heteroatoms. The van der Waals surface area contributed by atoms with Crippen molar-refractivity contribution in [2.45, 2.75) is 49.7 Å². The molecule has 1 unspecified atom stereocenters. The van der Waals surface area contributed by atoms with Crippen LogP contribution in [0.15, 0.2) is 66.7 Å². The molecule has 1 heterocycles. The third kappa shape index (κ3) is 4.51. The number of hydrogen-bond donors (Lipinski definition) is 2. The van der Waals surface area contributed by atoms with Crippen molar-refractivity contribution < 1.29 is 14.6 Å². The topological polar surface area (TPSA) is 61.8 Å². The first-order chi connectivity index (χ1) is 17.5. The molecule has 0 radical (unpaired) electrons. The Balaban J connectivity index is 1.27. The van der Waals surface area contributed by atoms with Crippen LogP contribution in [0, 0.1) is 11.8 Å². The van der Waals surface area contributed by atoms with Crippen LogP contribution in [0.4, 0.5) is 0 Å². The molecule has 0 aromatic heterocycles. The number of methoxy groups -OCH3 is 1. The van der Waals surface area contributed by atoms with E-state index in [-0.39, 0.29) is 23.3 Å². The van der Waals surface area contributed by atoms with Gasteiger partial charge in [0.05, 0.1) is 13.2 Å². The van der Waals surface area contributed by atoms with E-state index >= 15 is 0 Å². The third-order valence-electron chi connectivity index (χ3n) is 8.84. The van der Waals surface area contributed by atoms with Crippen molar-refractivity contribution >= 4 is 16.7 Å². The van der Waals surface area contributed by atoms with E-state index in [2.05, 4.69) is 34.5 Å². The number of hydrogen-bond acceptors (Lipinski definition) is 4. The average Bonchev–Trinajstić information content (AvgIpc) is 3.73. The van der Waals surface area contributed by atoms with Gasteiger partial charge >= 0.3 is 0 Å². The molecular weight excluding hydrogens is 448 g/mol. The molecule has 2 saturated carbocycles. The summed E-state index contributed by atoms with van der Waals surface area (Å²) in [5, 5.41) is 17.0. The standard InChI is InChI=1S/C31H36N2O3/c1-36-27-8-4-7-25(16-27)31-13-14-33(19-21-9-10-21)20-28(31)29(34)17-26(18-31)32-30(35)24-12-11-22-5-2-3-6-23(22)15-24/h2-8,11-12,15-16,21,26,28-29,34H,9-10,13-14,17-20H2,1H3,(H,32,35)/t26-,28+,29?,31+/m1/s1. The summed E-state index contributed by atoms with van der Waals surface area (Å²) < 4.78 is 5.57. The Kier molecular flexibility index (Phi) is 6.22. The van der Waals surface area contributed by atoms with Crippen LogP contribution in [0.25, 0.3) is 10.8 Å². The second-order valence-electron chi connectivity index (χ2n) is 11.2. The Morgan fingerprint density at radius 2 is 1.92 bits per heavy atom. The van der Waals surface area contributed by atoms with Crippen molar-refractivity contribution in [1.82, 2.24) is 10.2 Å². The van der Waals surface area contributed by atoms with Gasteiger partial charge in [0, 0.05) is 36.0 Å². The Morgan fingerprint density at radius 1 is 1.08 bits per heavy atom. The van der Waals surface area contributed by atoms with E-state index in [1.165, 1.54) is 18.4 Å². The number of carbonyl (C=O) groups excluding carboxylic acids is 1. The summed E-state index contributed by atoms with van der Waals surface area (Å²) in [7, 11) is 1.70. The largest absolute Gasteiger partial charge is 0.497 e. The lowest BCUT2D eigenvalue weighted by Gasteiger charge is -2.55. The third-order valence-corrected chi connectivity index (χ3v) is 8.84. The van der Waals surface area contributed by atoms with Crippen LogP contribution in [0.1, 0.15) is 48.0 Å². The first-order valence-electron chi connectivity index (χ1n) is 13.4. The lowest BCUT2D eigenvalue weighted by Crippen LogP contribution is -2.61. The van der Waals surface area contributed by atoms with Crippen LogP contribution in [0.2, 0.25) is 0 Å². The normalized spacial score (nSPS) is 28.4. The SMILES string of the molecule is COc1cccc([C@@]23CCN(CC4CC4)C[C@H]2C(O)C[C@@H](NC(=O)c2ccc4ccccc4c2)C3)c1. The molecule has 188 valence electrons. The van der Waals surface area contributed by atoms with Gasteiger partial charge in [0.15, 0.2) is 0 Å². The summed E-state index contributed by atoms with van der Waals surface area (Å²) in [6, 6.07) is 22.2. The lowest BCUT2D eigenvalue weighted by molar-refractivity contribution is -0.0482. The Hall–Kier alpha value is -2.89. The van der Waals surface area contributed by atoms with E-state index in [1.54, 1.807) is 7.11 Å². The van der Waals surface area contributed by atoms with Gasteiger partial charge in [-0.05, 0) is 85.2 Å². The van der Waals surface area contributed by atoms with Gasteiger partial charge in [-0.15, -0.1) is 0 Å². The molecule has 2 N–H and O–H groups in total. The summed E-state index contributed by atoms with van der Waals surface area (Å²) >= 11 is 0. The van der Waals surface area contributed by atoms with E-state index in [1.807, 2.05) is 42.5 Å². The van der Waals surface area contributed by atoms with Crippen molar-refractivity contribution in [3.8, 4) is 5.75 Å². The molecule has 6 rings (SSSR count). The molecular formula is C31H36N2O3. The van der Waals surface area contributed by atoms with Crippen molar-refractivity contribution in [3.63, 3.8) is 0 Å². The second-order valence-corrected chi connectivity index (χ2v) is 11.2. The Bertz CT molecular complexity index is 1260. The highest BCUT2D eigenvalue weighted by Crippen LogP contribution is 2.50. The minimum atomic E-state index is -0.464. The second kappa shape index (κ2) is 9.53. The number of benzene rings is 3. The molecule has 3 aliphatic rings. The fraction of sp³-hybridized carbons (Fsp3) is 0.452. The lowest BCUT2D eigenvalue weighted by atomic mass is 9.57. The van der Waals surface area contributed by atoms with Gasteiger partial charge in [-0.25, -0.2) is 0 Å². The zero-order valence-corrected chi connectivity index (χ0v) is 21.0. The molecule has 1 saturated heterocycles. The minimum Gasteiger partial charge on any atom is -0.497 e. The van der Waals surface area contributed by atoms with Crippen molar-refractivity contribution in [2.75, 3.05) is 26.7 Å². The summed E-state index contributed by atoms with van der Waals surface area (Å²) in [5.74, 6) is 1.76. The summed E-state index contributed by atoms with van der Waals surface area (Å²) in [5.41, 5.74) is 1.70. The number of piperidine rings is 1. The first-order valence-corrected chi connectivity index (χ1v) is 13.4. The Labute approximate surface area is 213 Å². The molecule has 5 nitrogen and oxygen atoms in total. The highest BCUT2D eigenvalue weighted by molar-refractivity contribution is 5.98. The average molecular weight is 485 g/mol. The predicted molar refractivity (Wildman–Crippen MR) is 142 cm³/mol. The quantitative estimate of drug-likeness (QED) is 0.529. The summed E-state index contributed by atoms with van der Waals surface area (Å²) in [4.78, 5) is 15.9. The van der Waals surface area contributed by atoms with Gasteiger partial charge in [-0.2, -0.15) is 0 Å². The summed E-state index contributed by atoms with van der Waals surface area (Å²) in [6.07, 6.45) is 4.62. The molecule has 3 fully saturated rings. The number of ether oxygens (including phenoxy) is 1. The number of nitrogens with zero attached hydrogens (tertiary/aromatic N) is 1. The molecule has 36 heavy (non-hydrogen) atoms. The van der Waals surface area contributed by atoms with Crippen molar-refractivity contribution in [3.05, 3.63) is 77.9 Å². The minimum absolute atomic E-state index is 0.0663. The van der Waals surface area contributed by atoms with Crippen molar-refractivity contribution in [2.24, 2.45) is 11.8 Å². The number of amides is 1. The monoisotopic (exact) mass is 484 g/mol. The molecule has 0 spiro atoms.